The second-order valence-electron chi connectivity index (χ2n) is 3.60. The van der Waals surface area contributed by atoms with Crippen LogP contribution in [-0.2, 0) is 4.74 Å². The van der Waals surface area contributed by atoms with Crippen molar-refractivity contribution in [1.82, 2.24) is 0 Å². The van der Waals surface area contributed by atoms with Crippen molar-refractivity contribution in [3.8, 4) is 5.75 Å². The summed E-state index contributed by atoms with van der Waals surface area (Å²) in [4.78, 5) is 11.9. The monoisotopic (exact) mass is 222 g/mol. The standard InChI is InChI=1S/C13H18O3/c1-4-16-13-6-5-10(2)9-11(13)12(14)7-8-15-3/h5-6,9H,4,7-8H2,1-3H3. The van der Waals surface area contributed by atoms with Gasteiger partial charge in [-0.1, -0.05) is 11.6 Å². The van der Waals surface area contributed by atoms with E-state index < -0.39 is 0 Å². The Kier molecular flexibility index (Phi) is 4.99. The second-order valence-corrected chi connectivity index (χ2v) is 3.60. The number of carbonyl (C=O) groups is 1. The molecule has 0 aliphatic carbocycles. The number of benzene rings is 1. The van der Waals surface area contributed by atoms with E-state index in [9.17, 15) is 4.79 Å². The quantitative estimate of drug-likeness (QED) is 0.694. The molecule has 0 amide bonds. The molecule has 0 aromatic heterocycles. The summed E-state index contributed by atoms with van der Waals surface area (Å²) >= 11 is 0. The third-order valence-electron chi connectivity index (χ3n) is 2.27. The first-order chi connectivity index (χ1) is 7.69. The summed E-state index contributed by atoms with van der Waals surface area (Å²) < 4.78 is 10.3. The Morgan fingerprint density at radius 1 is 1.38 bits per heavy atom. The molecule has 0 aliphatic rings. The maximum atomic E-state index is 11.9. The van der Waals surface area contributed by atoms with Gasteiger partial charge in [0.25, 0.3) is 0 Å². The number of aryl methyl sites for hydroxylation is 1. The predicted molar refractivity (Wildman–Crippen MR) is 63.2 cm³/mol. The van der Waals surface area contributed by atoms with Crippen LogP contribution in [0, 0.1) is 6.92 Å². The molecule has 0 atom stereocenters. The van der Waals surface area contributed by atoms with Gasteiger partial charge >= 0.3 is 0 Å². The van der Waals surface area contributed by atoms with Gasteiger partial charge in [-0.3, -0.25) is 4.79 Å². The van der Waals surface area contributed by atoms with Gasteiger partial charge in [0, 0.05) is 13.5 Å². The van der Waals surface area contributed by atoms with Gasteiger partial charge in [0.2, 0.25) is 0 Å². The molecule has 0 radical (unpaired) electrons. The minimum absolute atomic E-state index is 0.0639. The lowest BCUT2D eigenvalue weighted by molar-refractivity contribution is 0.0928. The fourth-order valence-electron chi connectivity index (χ4n) is 1.47. The fourth-order valence-corrected chi connectivity index (χ4v) is 1.47. The molecule has 0 saturated carbocycles. The zero-order valence-corrected chi connectivity index (χ0v) is 10.1. The molecule has 16 heavy (non-hydrogen) atoms. The van der Waals surface area contributed by atoms with E-state index >= 15 is 0 Å². The largest absolute Gasteiger partial charge is 0.493 e. The Hall–Kier alpha value is -1.35. The van der Waals surface area contributed by atoms with Crippen molar-refractivity contribution in [3.63, 3.8) is 0 Å². The smallest absolute Gasteiger partial charge is 0.168 e. The molecule has 0 N–H and O–H groups in total. The first-order valence-electron chi connectivity index (χ1n) is 5.44. The third-order valence-corrected chi connectivity index (χ3v) is 2.27. The summed E-state index contributed by atoms with van der Waals surface area (Å²) in [6, 6.07) is 5.65. The molecule has 0 spiro atoms. The summed E-state index contributed by atoms with van der Waals surface area (Å²) in [5.41, 5.74) is 1.71. The van der Waals surface area contributed by atoms with Gasteiger partial charge in [0.1, 0.15) is 5.75 Å². The lowest BCUT2D eigenvalue weighted by Crippen LogP contribution is -2.07. The zero-order valence-electron chi connectivity index (χ0n) is 10.1. The number of Topliss-reactive ketones (excluding diaryl/α,β-unsaturated/α-hetero) is 1. The van der Waals surface area contributed by atoms with Gasteiger partial charge in [0.15, 0.2) is 5.78 Å². The molecule has 1 aromatic rings. The zero-order chi connectivity index (χ0) is 12.0. The van der Waals surface area contributed by atoms with Crippen LogP contribution in [0.25, 0.3) is 0 Å². The minimum Gasteiger partial charge on any atom is -0.493 e. The Morgan fingerprint density at radius 3 is 2.75 bits per heavy atom. The van der Waals surface area contributed by atoms with E-state index in [4.69, 9.17) is 9.47 Å². The molecule has 0 bridgehead atoms. The Balaban J connectivity index is 2.90. The van der Waals surface area contributed by atoms with Crippen molar-refractivity contribution < 1.29 is 14.3 Å². The number of hydrogen-bond donors (Lipinski definition) is 0. The van der Waals surface area contributed by atoms with E-state index in [1.165, 1.54) is 0 Å². The molecule has 0 unspecified atom stereocenters. The fraction of sp³-hybridized carbons (Fsp3) is 0.462. The van der Waals surface area contributed by atoms with Crippen LogP contribution in [0.5, 0.6) is 5.75 Å². The average Bonchev–Trinajstić information content (AvgIpc) is 2.28. The average molecular weight is 222 g/mol. The van der Waals surface area contributed by atoms with Gasteiger partial charge in [-0.25, -0.2) is 0 Å². The van der Waals surface area contributed by atoms with Gasteiger partial charge in [-0.05, 0) is 26.0 Å². The van der Waals surface area contributed by atoms with E-state index in [1.54, 1.807) is 7.11 Å². The number of ether oxygens (including phenoxy) is 2. The first kappa shape index (κ1) is 12.7. The number of rotatable bonds is 6. The number of hydrogen-bond acceptors (Lipinski definition) is 3. The maximum Gasteiger partial charge on any atom is 0.168 e. The molecule has 1 aromatic carbocycles. The van der Waals surface area contributed by atoms with Crippen molar-refractivity contribution in [3.05, 3.63) is 29.3 Å². The maximum absolute atomic E-state index is 11.9. The molecule has 0 fully saturated rings. The lowest BCUT2D eigenvalue weighted by Gasteiger charge is -2.10. The van der Waals surface area contributed by atoms with Crippen LogP contribution in [0.3, 0.4) is 0 Å². The molecule has 0 heterocycles. The highest BCUT2D eigenvalue weighted by atomic mass is 16.5. The van der Waals surface area contributed by atoms with Gasteiger partial charge < -0.3 is 9.47 Å². The van der Waals surface area contributed by atoms with E-state index in [1.807, 2.05) is 32.0 Å². The molecule has 3 nitrogen and oxygen atoms in total. The topological polar surface area (TPSA) is 35.5 Å². The first-order valence-corrected chi connectivity index (χ1v) is 5.44. The van der Waals surface area contributed by atoms with Gasteiger partial charge in [-0.2, -0.15) is 0 Å². The van der Waals surface area contributed by atoms with Crippen molar-refractivity contribution >= 4 is 5.78 Å². The predicted octanol–water partition coefficient (Wildman–Crippen LogP) is 2.61. The van der Waals surface area contributed by atoms with Crippen molar-refractivity contribution in [2.45, 2.75) is 20.3 Å². The molecular weight excluding hydrogens is 204 g/mol. The molecule has 88 valence electrons. The highest BCUT2D eigenvalue weighted by Crippen LogP contribution is 2.21. The lowest BCUT2D eigenvalue weighted by atomic mass is 10.0. The number of ketones is 1. The van der Waals surface area contributed by atoms with E-state index in [0.29, 0.717) is 30.9 Å². The summed E-state index contributed by atoms with van der Waals surface area (Å²) in [7, 11) is 1.59. The minimum atomic E-state index is 0.0639. The van der Waals surface area contributed by atoms with Crippen LogP contribution in [0.4, 0.5) is 0 Å². The molecular formula is C13H18O3. The molecule has 1 rings (SSSR count). The van der Waals surface area contributed by atoms with Crippen LogP contribution >= 0.6 is 0 Å². The third kappa shape index (κ3) is 3.35. The van der Waals surface area contributed by atoms with Crippen LogP contribution < -0.4 is 4.74 Å². The van der Waals surface area contributed by atoms with E-state index in [0.717, 1.165) is 5.56 Å². The van der Waals surface area contributed by atoms with Gasteiger partial charge in [0.05, 0.1) is 18.8 Å². The Bertz CT molecular complexity index is 358. The van der Waals surface area contributed by atoms with Crippen molar-refractivity contribution in [1.29, 1.82) is 0 Å². The van der Waals surface area contributed by atoms with Crippen LogP contribution in [0.2, 0.25) is 0 Å². The molecule has 3 heteroatoms. The van der Waals surface area contributed by atoms with Crippen LogP contribution in [0.15, 0.2) is 18.2 Å². The summed E-state index contributed by atoms with van der Waals surface area (Å²) in [5.74, 6) is 0.725. The van der Waals surface area contributed by atoms with E-state index in [2.05, 4.69) is 0 Å². The number of methoxy groups -OCH3 is 1. The highest BCUT2D eigenvalue weighted by molar-refractivity contribution is 5.98. The Morgan fingerprint density at radius 2 is 2.12 bits per heavy atom. The Labute approximate surface area is 96.4 Å². The van der Waals surface area contributed by atoms with Crippen LogP contribution in [-0.4, -0.2) is 26.1 Å². The highest BCUT2D eigenvalue weighted by Gasteiger charge is 2.12. The molecule has 0 saturated heterocycles. The second kappa shape index (κ2) is 6.28. The van der Waals surface area contributed by atoms with Crippen LogP contribution in [0.1, 0.15) is 29.3 Å². The molecule has 0 aliphatic heterocycles. The normalized spacial score (nSPS) is 10.2. The van der Waals surface area contributed by atoms with Crippen molar-refractivity contribution in [2.75, 3.05) is 20.3 Å². The van der Waals surface area contributed by atoms with E-state index in [-0.39, 0.29) is 5.78 Å². The number of carbonyl (C=O) groups excluding carboxylic acids is 1. The summed E-state index contributed by atoms with van der Waals surface area (Å²) in [6.07, 6.45) is 0.389. The summed E-state index contributed by atoms with van der Waals surface area (Å²) in [5, 5.41) is 0. The van der Waals surface area contributed by atoms with Crippen molar-refractivity contribution in [2.24, 2.45) is 0 Å². The SMILES string of the molecule is CCOc1ccc(C)cc1C(=O)CCOC. The summed E-state index contributed by atoms with van der Waals surface area (Å²) in [6.45, 7) is 4.87. The van der Waals surface area contributed by atoms with Gasteiger partial charge in [-0.15, -0.1) is 0 Å².